The molecular formula is C10H8BrF3O3. The number of carbonyl (C=O) groups excluding carboxylic acids is 1. The second-order valence-electron chi connectivity index (χ2n) is 2.92. The molecule has 0 heterocycles. The van der Waals surface area contributed by atoms with Crippen LogP contribution in [0.4, 0.5) is 13.2 Å². The number of halogens is 4. The Morgan fingerprint density at radius 1 is 1.47 bits per heavy atom. The van der Waals surface area contributed by atoms with Crippen molar-refractivity contribution < 1.29 is 27.4 Å². The first-order chi connectivity index (χ1) is 7.86. The molecular weight excluding hydrogens is 305 g/mol. The Labute approximate surface area is 104 Å². The van der Waals surface area contributed by atoms with Crippen molar-refractivity contribution >= 4 is 21.9 Å². The van der Waals surface area contributed by atoms with Gasteiger partial charge in [0.05, 0.1) is 11.1 Å². The van der Waals surface area contributed by atoms with E-state index >= 15 is 0 Å². The van der Waals surface area contributed by atoms with Crippen LogP contribution >= 0.6 is 15.9 Å². The quantitative estimate of drug-likeness (QED) is 0.801. The van der Waals surface area contributed by atoms with Crippen LogP contribution in [0.25, 0.3) is 0 Å². The molecule has 0 aromatic heterocycles. The summed E-state index contributed by atoms with van der Waals surface area (Å²) in [7, 11) is 0. The molecule has 0 N–H and O–H groups in total. The van der Waals surface area contributed by atoms with Crippen molar-refractivity contribution in [3.05, 3.63) is 28.5 Å². The van der Waals surface area contributed by atoms with Crippen LogP contribution < -0.4 is 4.74 Å². The molecule has 0 spiro atoms. The van der Waals surface area contributed by atoms with E-state index in [0.29, 0.717) is 0 Å². The molecule has 0 atom stereocenters. The minimum Gasteiger partial charge on any atom is -0.459 e. The third kappa shape index (κ3) is 3.62. The molecule has 0 amide bonds. The highest BCUT2D eigenvalue weighted by Crippen LogP contribution is 2.26. The molecule has 0 bridgehead atoms. The van der Waals surface area contributed by atoms with E-state index in [-0.39, 0.29) is 11.1 Å². The fourth-order valence-electron chi connectivity index (χ4n) is 0.945. The highest BCUT2D eigenvalue weighted by atomic mass is 79.9. The summed E-state index contributed by atoms with van der Waals surface area (Å²) in [6.45, 7) is 1.18. The van der Waals surface area contributed by atoms with Gasteiger partial charge < -0.3 is 9.47 Å². The zero-order chi connectivity index (χ0) is 13.1. The summed E-state index contributed by atoms with van der Waals surface area (Å²) in [5.41, 5.74) is 0. The van der Waals surface area contributed by atoms with E-state index < -0.39 is 23.6 Å². The molecule has 1 aromatic rings. The van der Waals surface area contributed by atoms with Crippen LogP contribution in [-0.2, 0) is 9.53 Å². The van der Waals surface area contributed by atoms with Gasteiger partial charge in [-0.1, -0.05) is 0 Å². The first-order valence-electron chi connectivity index (χ1n) is 4.56. The van der Waals surface area contributed by atoms with E-state index in [0.717, 1.165) is 12.1 Å². The highest BCUT2D eigenvalue weighted by molar-refractivity contribution is 9.10. The molecule has 0 aliphatic carbocycles. The van der Waals surface area contributed by atoms with Crippen molar-refractivity contribution in [2.45, 2.75) is 13.0 Å². The molecule has 3 nitrogen and oxygen atoms in total. The maximum Gasteiger partial charge on any atom is 0.502 e. The Balaban J connectivity index is 2.82. The third-order valence-corrected chi connectivity index (χ3v) is 2.29. The lowest BCUT2D eigenvalue weighted by molar-refractivity contribution is -0.216. The predicted octanol–water partition coefficient (Wildman–Crippen LogP) is 3.12. The van der Waals surface area contributed by atoms with Gasteiger partial charge >= 0.3 is 12.1 Å². The van der Waals surface area contributed by atoms with Crippen molar-refractivity contribution in [1.82, 2.24) is 0 Å². The largest absolute Gasteiger partial charge is 0.502 e. The monoisotopic (exact) mass is 312 g/mol. The average molecular weight is 313 g/mol. The minimum absolute atomic E-state index is 0.101. The van der Waals surface area contributed by atoms with Crippen LogP contribution in [0, 0.1) is 5.82 Å². The van der Waals surface area contributed by atoms with Crippen LogP contribution in [-0.4, -0.2) is 18.7 Å². The summed E-state index contributed by atoms with van der Waals surface area (Å²) < 4.78 is 47.5. The lowest BCUT2D eigenvalue weighted by Crippen LogP contribution is -2.36. The molecule has 1 aromatic carbocycles. The molecule has 1 rings (SSSR count). The molecule has 0 aliphatic rings. The van der Waals surface area contributed by atoms with Crippen molar-refractivity contribution in [3.8, 4) is 5.75 Å². The van der Waals surface area contributed by atoms with Gasteiger partial charge in [-0.2, -0.15) is 8.78 Å². The Kier molecular flexibility index (Phi) is 4.39. The summed E-state index contributed by atoms with van der Waals surface area (Å²) in [5, 5.41) is 0. The Bertz CT molecular complexity index is 423. The van der Waals surface area contributed by atoms with Gasteiger partial charge in [0.25, 0.3) is 0 Å². The molecule has 94 valence electrons. The fraction of sp³-hybridized carbons (Fsp3) is 0.300. The smallest absolute Gasteiger partial charge is 0.459 e. The Hall–Kier alpha value is -1.24. The van der Waals surface area contributed by atoms with E-state index in [2.05, 4.69) is 25.4 Å². The number of benzene rings is 1. The number of alkyl halides is 2. The SMILES string of the molecule is CCOC(=O)C(F)(F)Oc1ccc(Br)c(F)c1. The van der Waals surface area contributed by atoms with E-state index in [1.54, 1.807) is 0 Å². The lowest BCUT2D eigenvalue weighted by Gasteiger charge is -2.15. The van der Waals surface area contributed by atoms with Crippen LogP contribution in [0.3, 0.4) is 0 Å². The number of hydrogen-bond acceptors (Lipinski definition) is 3. The van der Waals surface area contributed by atoms with Gasteiger partial charge in [-0.25, -0.2) is 9.18 Å². The fourth-order valence-corrected chi connectivity index (χ4v) is 1.19. The van der Waals surface area contributed by atoms with Crippen molar-refractivity contribution in [2.24, 2.45) is 0 Å². The van der Waals surface area contributed by atoms with Gasteiger partial charge in [0.1, 0.15) is 11.6 Å². The summed E-state index contributed by atoms with van der Waals surface area (Å²) in [5.74, 6) is -3.06. The van der Waals surface area contributed by atoms with Gasteiger partial charge in [0.15, 0.2) is 0 Å². The van der Waals surface area contributed by atoms with Crippen LogP contribution in [0.2, 0.25) is 0 Å². The molecule has 17 heavy (non-hydrogen) atoms. The van der Waals surface area contributed by atoms with Crippen LogP contribution in [0.1, 0.15) is 6.92 Å². The number of carbonyl (C=O) groups is 1. The Morgan fingerprint density at radius 2 is 2.12 bits per heavy atom. The molecule has 0 unspecified atom stereocenters. The minimum atomic E-state index is -4.14. The molecule has 7 heteroatoms. The average Bonchev–Trinajstić information content (AvgIpc) is 2.23. The van der Waals surface area contributed by atoms with Crippen molar-refractivity contribution in [2.75, 3.05) is 6.61 Å². The number of esters is 1. The number of hydrogen-bond donors (Lipinski definition) is 0. The second-order valence-corrected chi connectivity index (χ2v) is 3.77. The van der Waals surface area contributed by atoms with E-state index in [1.807, 2.05) is 0 Å². The topological polar surface area (TPSA) is 35.5 Å². The van der Waals surface area contributed by atoms with E-state index in [4.69, 9.17) is 0 Å². The van der Waals surface area contributed by atoms with Gasteiger partial charge in [-0.3, -0.25) is 0 Å². The standard InChI is InChI=1S/C10H8BrF3O3/c1-2-16-9(15)10(13,14)17-6-3-4-7(11)8(12)5-6/h3-5H,2H2,1H3. The zero-order valence-electron chi connectivity index (χ0n) is 8.68. The van der Waals surface area contributed by atoms with E-state index in [9.17, 15) is 18.0 Å². The maximum absolute atomic E-state index is 13.1. The van der Waals surface area contributed by atoms with E-state index in [1.165, 1.54) is 13.0 Å². The first kappa shape index (κ1) is 13.8. The second kappa shape index (κ2) is 5.39. The molecule has 0 saturated heterocycles. The molecule has 0 saturated carbocycles. The van der Waals surface area contributed by atoms with Gasteiger partial charge in [-0.05, 0) is 35.0 Å². The lowest BCUT2D eigenvalue weighted by atomic mass is 10.3. The first-order valence-corrected chi connectivity index (χ1v) is 5.35. The summed E-state index contributed by atoms with van der Waals surface area (Å²) >= 11 is 2.85. The maximum atomic E-state index is 13.1. The van der Waals surface area contributed by atoms with Crippen LogP contribution in [0.15, 0.2) is 22.7 Å². The van der Waals surface area contributed by atoms with Crippen molar-refractivity contribution in [1.29, 1.82) is 0 Å². The van der Waals surface area contributed by atoms with Gasteiger partial charge in [-0.15, -0.1) is 0 Å². The summed E-state index contributed by atoms with van der Waals surface area (Å²) in [4.78, 5) is 10.8. The predicted molar refractivity (Wildman–Crippen MR) is 56.3 cm³/mol. The van der Waals surface area contributed by atoms with Crippen LogP contribution in [0.5, 0.6) is 5.75 Å². The third-order valence-electron chi connectivity index (χ3n) is 1.65. The highest BCUT2D eigenvalue weighted by Gasteiger charge is 2.44. The Morgan fingerprint density at radius 3 is 2.65 bits per heavy atom. The normalized spacial score (nSPS) is 11.1. The number of rotatable bonds is 4. The van der Waals surface area contributed by atoms with Gasteiger partial charge in [0, 0.05) is 6.07 Å². The molecule has 0 fully saturated rings. The molecule has 0 radical (unpaired) electrons. The van der Waals surface area contributed by atoms with Crippen molar-refractivity contribution in [3.63, 3.8) is 0 Å². The summed E-state index contributed by atoms with van der Waals surface area (Å²) in [6.07, 6.45) is -4.14. The van der Waals surface area contributed by atoms with Gasteiger partial charge in [0.2, 0.25) is 0 Å². The molecule has 0 aliphatic heterocycles. The zero-order valence-corrected chi connectivity index (χ0v) is 10.3. The number of ether oxygens (including phenoxy) is 2. The summed E-state index contributed by atoms with van der Waals surface area (Å²) in [6, 6.07) is 3.02.